The van der Waals surface area contributed by atoms with Crippen molar-refractivity contribution < 1.29 is 9.53 Å². The fourth-order valence-corrected chi connectivity index (χ4v) is 1.15. The molecule has 1 amide bonds. The predicted octanol–water partition coefficient (Wildman–Crippen LogP) is 0.218. The van der Waals surface area contributed by atoms with Gasteiger partial charge in [-0.05, 0) is 20.8 Å². The summed E-state index contributed by atoms with van der Waals surface area (Å²) >= 11 is 0. The van der Waals surface area contributed by atoms with Crippen LogP contribution in [0.15, 0.2) is 6.20 Å². The first kappa shape index (κ1) is 13.4. The Bertz CT molecular complexity index is 369. The van der Waals surface area contributed by atoms with E-state index in [4.69, 9.17) is 5.73 Å². The highest BCUT2D eigenvalue weighted by molar-refractivity contribution is 5.64. The molecule has 0 fully saturated rings. The second-order valence-electron chi connectivity index (χ2n) is 4.67. The van der Waals surface area contributed by atoms with Gasteiger partial charge in [0.25, 0.3) is 0 Å². The number of carbonyl (C=O) groups excluding carboxylic acids is 1. The van der Waals surface area contributed by atoms with Gasteiger partial charge in [-0.15, -0.1) is 5.10 Å². The number of aromatic nitrogens is 3. The summed E-state index contributed by atoms with van der Waals surface area (Å²) in [6.07, 6.45) is 1.13. The summed E-state index contributed by atoms with van der Waals surface area (Å²) in [6, 6.07) is 0. The lowest BCUT2D eigenvalue weighted by atomic mass is 10.1. The molecular weight excluding hydrogens is 222 g/mol. The molecule has 1 heterocycles. The highest BCUT2D eigenvalue weighted by Crippen LogP contribution is 2.11. The molecule has 0 saturated carbocycles. The molecule has 7 nitrogen and oxygen atoms in total. The van der Waals surface area contributed by atoms with Crippen LogP contribution in [0, 0.1) is 0 Å². The molecule has 0 bridgehead atoms. The quantitative estimate of drug-likeness (QED) is 0.719. The minimum absolute atomic E-state index is 0.0691. The summed E-state index contributed by atoms with van der Waals surface area (Å²) in [6.45, 7) is 7.53. The smallest absolute Gasteiger partial charge is 0.404 e. The highest BCUT2D eigenvalue weighted by Gasteiger charge is 2.14. The Morgan fingerprint density at radius 3 is 2.82 bits per heavy atom. The largest absolute Gasteiger partial charge is 0.448 e. The minimum Gasteiger partial charge on any atom is -0.448 e. The highest BCUT2D eigenvalue weighted by atomic mass is 16.5. The molecule has 0 spiro atoms. The SMILES string of the molecule is CC(C)(C)n1cc(CNCCOC(N)=O)nn1. The summed E-state index contributed by atoms with van der Waals surface area (Å²) in [5.74, 6) is 0. The molecule has 1 aromatic rings. The van der Waals surface area contributed by atoms with Crippen LogP contribution < -0.4 is 11.1 Å². The molecular formula is C10H19N5O2. The third kappa shape index (κ3) is 4.81. The van der Waals surface area contributed by atoms with E-state index >= 15 is 0 Å². The van der Waals surface area contributed by atoms with Crippen LogP contribution in [0.3, 0.4) is 0 Å². The lowest BCUT2D eigenvalue weighted by molar-refractivity contribution is 0.157. The van der Waals surface area contributed by atoms with E-state index in [2.05, 4.69) is 41.1 Å². The Hall–Kier alpha value is -1.63. The van der Waals surface area contributed by atoms with Crippen LogP contribution in [-0.2, 0) is 16.8 Å². The molecule has 0 unspecified atom stereocenters. The number of amides is 1. The predicted molar refractivity (Wildman–Crippen MR) is 62.3 cm³/mol. The van der Waals surface area contributed by atoms with Gasteiger partial charge in [0.15, 0.2) is 0 Å². The Labute approximate surface area is 100 Å². The fourth-order valence-electron chi connectivity index (χ4n) is 1.15. The number of hydrogen-bond acceptors (Lipinski definition) is 5. The molecule has 96 valence electrons. The molecule has 0 saturated heterocycles. The number of nitrogens with zero attached hydrogens (tertiary/aromatic N) is 3. The maximum atomic E-state index is 10.3. The van der Waals surface area contributed by atoms with Crippen molar-refractivity contribution in [1.29, 1.82) is 0 Å². The van der Waals surface area contributed by atoms with Gasteiger partial charge >= 0.3 is 6.09 Å². The molecule has 0 aromatic carbocycles. The zero-order valence-electron chi connectivity index (χ0n) is 10.4. The van der Waals surface area contributed by atoms with Gasteiger partial charge in [-0.3, -0.25) is 0 Å². The standard InChI is InChI=1S/C10H19N5O2/c1-10(2,3)15-7-8(13-14-15)6-12-4-5-17-9(11)16/h7,12H,4-6H2,1-3H3,(H2,11,16). The first-order valence-corrected chi connectivity index (χ1v) is 5.44. The molecule has 1 aromatic heterocycles. The number of nitrogens with two attached hydrogens (primary N) is 1. The molecule has 7 heteroatoms. The van der Waals surface area contributed by atoms with E-state index in [0.29, 0.717) is 13.1 Å². The van der Waals surface area contributed by atoms with Crippen molar-refractivity contribution in [3.8, 4) is 0 Å². The molecule has 1 rings (SSSR count). The van der Waals surface area contributed by atoms with Crippen molar-refractivity contribution in [2.24, 2.45) is 5.73 Å². The van der Waals surface area contributed by atoms with Crippen molar-refractivity contribution in [1.82, 2.24) is 20.3 Å². The van der Waals surface area contributed by atoms with Crippen LogP contribution in [0.25, 0.3) is 0 Å². The van der Waals surface area contributed by atoms with Crippen LogP contribution in [-0.4, -0.2) is 34.2 Å². The lowest BCUT2D eigenvalue weighted by Crippen LogP contribution is -2.23. The van der Waals surface area contributed by atoms with E-state index in [-0.39, 0.29) is 12.1 Å². The van der Waals surface area contributed by atoms with Crippen molar-refractivity contribution in [2.45, 2.75) is 32.9 Å². The number of hydrogen-bond donors (Lipinski definition) is 2. The Morgan fingerprint density at radius 1 is 1.59 bits per heavy atom. The van der Waals surface area contributed by atoms with Gasteiger partial charge in [-0.25, -0.2) is 9.48 Å². The van der Waals surface area contributed by atoms with Gasteiger partial charge in [0.2, 0.25) is 0 Å². The van der Waals surface area contributed by atoms with Crippen molar-refractivity contribution >= 4 is 6.09 Å². The number of primary amides is 1. The number of rotatable bonds is 5. The number of carbonyl (C=O) groups is 1. The maximum absolute atomic E-state index is 10.3. The summed E-state index contributed by atoms with van der Waals surface area (Å²) < 4.78 is 6.38. The average Bonchev–Trinajstić information content (AvgIpc) is 2.64. The molecule has 3 N–H and O–H groups in total. The third-order valence-electron chi connectivity index (χ3n) is 2.06. The zero-order chi connectivity index (χ0) is 12.9. The van der Waals surface area contributed by atoms with Crippen molar-refractivity contribution in [3.63, 3.8) is 0 Å². The molecule has 0 aliphatic heterocycles. The van der Waals surface area contributed by atoms with E-state index in [9.17, 15) is 4.79 Å². The van der Waals surface area contributed by atoms with E-state index in [1.54, 1.807) is 0 Å². The molecule has 0 atom stereocenters. The van der Waals surface area contributed by atoms with Crippen molar-refractivity contribution in [2.75, 3.05) is 13.2 Å². The minimum atomic E-state index is -0.759. The second kappa shape index (κ2) is 5.62. The molecule has 0 aliphatic carbocycles. The van der Waals surface area contributed by atoms with Gasteiger partial charge in [0, 0.05) is 13.1 Å². The van der Waals surface area contributed by atoms with Crippen LogP contribution in [0.5, 0.6) is 0 Å². The van der Waals surface area contributed by atoms with Crippen LogP contribution >= 0.6 is 0 Å². The second-order valence-corrected chi connectivity index (χ2v) is 4.67. The number of nitrogens with one attached hydrogen (secondary N) is 1. The Kier molecular flexibility index (Phi) is 4.45. The lowest BCUT2D eigenvalue weighted by Gasteiger charge is -2.17. The monoisotopic (exact) mass is 241 g/mol. The normalized spacial score (nSPS) is 11.5. The van der Waals surface area contributed by atoms with Gasteiger partial charge in [0.05, 0.1) is 17.4 Å². The van der Waals surface area contributed by atoms with Crippen LogP contribution in [0.2, 0.25) is 0 Å². The summed E-state index contributed by atoms with van der Waals surface area (Å²) in [7, 11) is 0. The van der Waals surface area contributed by atoms with Gasteiger partial charge in [-0.1, -0.05) is 5.21 Å². The van der Waals surface area contributed by atoms with Crippen LogP contribution in [0.1, 0.15) is 26.5 Å². The maximum Gasteiger partial charge on any atom is 0.404 e. The first-order chi connectivity index (χ1) is 7.89. The van der Waals surface area contributed by atoms with E-state index < -0.39 is 6.09 Å². The summed E-state index contributed by atoms with van der Waals surface area (Å²) in [5, 5.41) is 11.1. The number of ether oxygens (including phenoxy) is 1. The van der Waals surface area contributed by atoms with Gasteiger partial charge < -0.3 is 15.8 Å². The molecule has 17 heavy (non-hydrogen) atoms. The summed E-state index contributed by atoms with van der Waals surface area (Å²) in [4.78, 5) is 10.3. The Balaban J connectivity index is 2.28. The van der Waals surface area contributed by atoms with Gasteiger partial charge in [0.1, 0.15) is 6.61 Å². The third-order valence-corrected chi connectivity index (χ3v) is 2.06. The molecule has 0 radical (unpaired) electrons. The first-order valence-electron chi connectivity index (χ1n) is 5.44. The van der Waals surface area contributed by atoms with E-state index in [1.165, 1.54) is 0 Å². The fraction of sp³-hybridized carbons (Fsp3) is 0.700. The average molecular weight is 241 g/mol. The van der Waals surface area contributed by atoms with Crippen LogP contribution in [0.4, 0.5) is 4.79 Å². The Morgan fingerprint density at radius 2 is 2.29 bits per heavy atom. The topological polar surface area (TPSA) is 95.1 Å². The van der Waals surface area contributed by atoms with E-state index in [1.807, 2.05) is 10.9 Å². The molecule has 0 aliphatic rings. The van der Waals surface area contributed by atoms with Crippen molar-refractivity contribution in [3.05, 3.63) is 11.9 Å². The zero-order valence-corrected chi connectivity index (χ0v) is 10.4. The van der Waals surface area contributed by atoms with E-state index in [0.717, 1.165) is 5.69 Å². The van der Waals surface area contributed by atoms with Gasteiger partial charge in [-0.2, -0.15) is 0 Å². The summed E-state index contributed by atoms with van der Waals surface area (Å²) in [5.41, 5.74) is 5.60.